The molecule has 0 heterocycles. The normalized spacial score (nSPS) is 28.2. The lowest BCUT2D eigenvalue weighted by Gasteiger charge is -2.26. The second-order valence-corrected chi connectivity index (χ2v) is 3.41. The Morgan fingerprint density at radius 2 is 1.92 bits per heavy atom. The highest BCUT2D eigenvalue weighted by molar-refractivity contribution is 6.80. The Kier molecular flexibility index (Phi) is 3.69. The number of hydrogen-bond acceptors (Lipinski definition) is 4. The molecule has 0 aromatic rings. The van der Waals surface area contributed by atoms with Crippen LogP contribution < -0.4 is 0 Å². The zero-order valence-electron chi connectivity index (χ0n) is 7.03. The molecule has 0 aliphatic heterocycles. The highest BCUT2D eigenvalue weighted by Crippen LogP contribution is 2.21. The number of aliphatic hydroxyl groups is 1. The SMILES string of the molecule is O=C(Cl)C(=O)O[C@@H]1CCCC[C@H]1O. The molecule has 0 spiro atoms. The van der Waals surface area contributed by atoms with E-state index in [-0.39, 0.29) is 0 Å². The molecule has 0 bridgehead atoms. The summed E-state index contributed by atoms with van der Waals surface area (Å²) in [6.45, 7) is 0. The Labute approximate surface area is 80.8 Å². The molecule has 0 unspecified atom stereocenters. The molecule has 0 saturated heterocycles. The minimum absolute atomic E-state index is 0.566. The van der Waals surface area contributed by atoms with Gasteiger partial charge >= 0.3 is 11.2 Å². The minimum Gasteiger partial charge on any atom is -0.453 e. The second kappa shape index (κ2) is 4.58. The largest absolute Gasteiger partial charge is 0.453 e. The van der Waals surface area contributed by atoms with Gasteiger partial charge in [0.2, 0.25) is 0 Å². The van der Waals surface area contributed by atoms with Gasteiger partial charge in [-0.3, -0.25) is 4.79 Å². The van der Waals surface area contributed by atoms with Crippen molar-refractivity contribution >= 4 is 22.8 Å². The van der Waals surface area contributed by atoms with Crippen LogP contribution in [0, 0.1) is 0 Å². The van der Waals surface area contributed by atoms with Crippen LogP contribution in [0.4, 0.5) is 0 Å². The number of ether oxygens (including phenoxy) is 1. The maximum atomic E-state index is 10.7. The molecule has 1 N–H and O–H groups in total. The number of aliphatic hydroxyl groups excluding tert-OH is 1. The van der Waals surface area contributed by atoms with E-state index in [1.165, 1.54) is 0 Å². The number of rotatable bonds is 2. The van der Waals surface area contributed by atoms with Crippen molar-refractivity contribution in [3.8, 4) is 0 Å². The third-order valence-corrected chi connectivity index (χ3v) is 2.24. The predicted octanol–water partition coefficient (Wildman–Crippen LogP) is 0.599. The van der Waals surface area contributed by atoms with Gasteiger partial charge in [0.25, 0.3) is 0 Å². The first-order valence-corrected chi connectivity index (χ1v) is 4.57. The molecule has 5 heteroatoms. The van der Waals surface area contributed by atoms with Gasteiger partial charge < -0.3 is 9.84 Å². The van der Waals surface area contributed by atoms with Crippen LogP contribution in [0.15, 0.2) is 0 Å². The lowest BCUT2D eigenvalue weighted by Crippen LogP contribution is -2.35. The topological polar surface area (TPSA) is 63.6 Å². The zero-order valence-corrected chi connectivity index (χ0v) is 7.79. The molecule has 13 heavy (non-hydrogen) atoms. The van der Waals surface area contributed by atoms with Crippen LogP contribution in [0.1, 0.15) is 25.7 Å². The predicted molar refractivity (Wildman–Crippen MR) is 45.2 cm³/mol. The third-order valence-electron chi connectivity index (χ3n) is 2.09. The van der Waals surface area contributed by atoms with E-state index in [0.29, 0.717) is 12.8 Å². The lowest BCUT2D eigenvalue weighted by atomic mass is 9.95. The van der Waals surface area contributed by atoms with Crippen molar-refractivity contribution in [2.24, 2.45) is 0 Å². The molecule has 0 aromatic carbocycles. The first kappa shape index (κ1) is 10.5. The van der Waals surface area contributed by atoms with E-state index >= 15 is 0 Å². The van der Waals surface area contributed by atoms with E-state index in [4.69, 9.17) is 16.3 Å². The Bertz CT molecular complexity index is 216. The molecule has 1 saturated carbocycles. The van der Waals surface area contributed by atoms with Crippen LogP contribution >= 0.6 is 11.6 Å². The molecule has 4 nitrogen and oxygen atoms in total. The van der Waals surface area contributed by atoms with Crippen LogP contribution in [0.2, 0.25) is 0 Å². The van der Waals surface area contributed by atoms with Gasteiger partial charge in [0, 0.05) is 0 Å². The van der Waals surface area contributed by atoms with Gasteiger partial charge in [-0.25, -0.2) is 4.79 Å². The van der Waals surface area contributed by atoms with E-state index in [1.807, 2.05) is 0 Å². The van der Waals surface area contributed by atoms with E-state index < -0.39 is 23.4 Å². The molecule has 1 aliphatic carbocycles. The molecule has 0 radical (unpaired) electrons. The molecular weight excluding hydrogens is 196 g/mol. The fourth-order valence-corrected chi connectivity index (χ4v) is 1.44. The average Bonchev–Trinajstić information content (AvgIpc) is 2.08. The Hall–Kier alpha value is -0.610. The maximum Gasteiger partial charge on any atom is 0.391 e. The van der Waals surface area contributed by atoms with Crippen molar-refractivity contribution in [3.05, 3.63) is 0 Å². The molecule has 1 fully saturated rings. The van der Waals surface area contributed by atoms with Crippen molar-refractivity contribution in [3.63, 3.8) is 0 Å². The summed E-state index contributed by atoms with van der Waals surface area (Å²) in [5.74, 6) is -1.08. The summed E-state index contributed by atoms with van der Waals surface area (Å²) in [6.07, 6.45) is 1.79. The molecule has 0 amide bonds. The number of hydrogen-bond donors (Lipinski definition) is 1. The molecule has 2 atom stereocenters. The summed E-state index contributed by atoms with van der Waals surface area (Å²) < 4.78 is 4.69. The van der Waals surface area contributed by atoms with Crippen molar-refractivity contribution in [2.75, 3.05) is 0 Å². The van der Waals surface area contributed by atoms with Crippen LogP contribution in [0.5, 0.6) is 0 Å². The van der Waals surface area contributed by atoms with Gasteiger partial charge in [-0.2, -0.15) is 0 Å². The summed E-state index contributed by atoms with van der Waals surface area (Å²) in [7, 11) is 0. The Balaban J connectivity index is 2.42. The van der Waals surface area contributed by atoms with E-state index in [2.05, 4.69) is 0 Å². The number of carbonyl (C=O) groups excluding carboxylic acids is 2. The summed E-state index contributed by atoms with van der Waals surface area (Å²) in [6, 6.07) is 0. The van der Waals surface area contributed by atoms with Crippen LogP contribution in [0.25, 0.3) is 0 Å². The van der Waals surface area contributed by atoms with Crippen molar-refractivity contribution in [1.82, 2.24) is 0 Å². The second-order valence-electron chi connectivity index (χ2n) is 3.07. The maximum absolute atomic E-state index is 10.7. The Morgan fingerprint density at radius 3 is 2.46 bits per heavy atom. The number of carbonyl (C=O) groups is 2. The zero-order chi connectivity index (χ0) is 9.84. The molecule has 0 aromatic heterocycles. The van der Waals surface area contributed by atoms with Crippen molar-refractivity contribution < 1.29 is 19.4 Å². The van der Waals surface area contributed by atoms with Gasteiger partial charge in [-0.05, 0) is 30.9 Å². The van der Waals surface area contributed by atoms with Crippen LogP contribution in [0.3, 0.4) is 0 Å². The fraction of sp³-hybridized carbons (Fsp3) is 0.750. The van der Waals surface area contributed by atoms with Crippen LogP contribution in [-0.4, -0.2) is 28.5 Å². The first-order valence-electron chi connectivity index (χ1n) is 4.20. The summed E-state index contributed by atoms with van der Waals surface area (Å²) in [4.78, 5) is 21.1. The van der Waals surface area contributed by atoms with Crippen molar-refractivity contribution in [1.29, 1.82) is 0 Å². The minimum atomic E-state index is -1.14. The standard InChI is InChI=1S/C8H11ClO4/c9-7(11)8(12)13-6-4-2-1-3-5(6)10/h5-6,10H,1-4H2/t5-,6-/m1/s1. The number of esters is 1. The highest BCUT2D eigenvalue weighted by atomic mass is 35.5. The summed E-state index contributed by atoms with van der Waals surface area (Å²) in [5.41, 5.74) is 0. The lowest BCUT2D eigenvalue weighted by molar-refractivity contribution is -0.161. The van der Waals surface area contributed by atoms with E-state index in [0.717, 1.165) is 12.8 Å². The average molecular weight is 207 g/mol. The molecular formula is C8H11ClO4. The summed E-state index contributed by atoms with van der Waals surface area (Å²) >= 11 is 4.90. The monoisotopic (exact) mass is 206 g/mol. The van der Waals surface area contributed by atoms with Gasteiger partial charge in [-0.15, -0.1) is 0 Å². The fourth-order valence-electron chi connectivity index (χ4n) is 1.40. The van der Waals surface area contributed by atoms with Crippen LogP contribution in [-0.2, 0) is 14.3 Å². The van der Waals surface area contributed by atoms with Gasteiger partial charge in [0.1, 0.15) is 6.10 Å². The molecule has 1 aliphatic rings. The summed E-state index contributed by atoms with van der Waals surface area (Å²) in [5, 5.41) is 8.23. The van der Waals surface area contributed by atoms with Gasteiger partial charge in [0.15, 0.2) is 0 Å². The number of halogens is 1. The van der Waals surface area contributed by atoms with E-state index in [9.17, 15) is 14.7 Å². The molecule has 74 valence electrons. The molecule has 1 rings (SSSR count). The Morgan fingerprint density at radius 1 is 1.31 bits per heavy atom. The van der Waals surface area contributed by atoms with Gasteiger partial charge in [-0.1, -0.05) is 6.42 Å². The highest BCUT2D eigenvalue weighted by Gasteiger charge is 2.28. The first-order chi connectivity index (χ1) is 6.11. The quantitative estimate of drug-likeness (QED) is 0.408. The van der Waals surface area contributed by atoms with Crippen molar-refractivity contribution in [2.45, 2.75) is 37.9 Å². The van der Waals surface area contributed by atoms with E-state index in [1.54, 1.807) is 0 Å². The van der Waals surface area contributed by atoms with Gasteiger partial charge in [0.05, 0.1) is 6.10 Å². The third kappa shape index (κ3) is 2.97. The smallest absolute Gasteiger partial charge is 0.391 e.